The molecule has 18 heavy (non-hydrogen) atoms. The SMILES string of the molecule is Cc1ncc(CO)c(CNCc2nn[nH]n2)c1O. The summed E-state index contributed by atoms with van der Waals surface area (Å²) in [5.74, 6) is 0.632. The number of aliphatic hydroxyl groups excluding tert-OH is 1. The number of aromatic nitrogens is 5. The van der Waals surface area contributed by atoms with E-state index in [0.29, 0.717) is 35.7 Å². The number of nitrogens with zero attached hydrogens (tertiary/aromatic N) is 4. The number of rotatable bonds is 5. The molecule has 0 aliphatic carbocycles. The fraction of sp³-hybridized carbons (Fsp3) is 0.400. The second kappa shape index (κ2) is 5.52. The lowest BCUT2D eigenvalue weighted by Gasteiger charge is -2.11. The number of H-pyrrole nitrogens is 1. The van der Waals surface area contributed by atoms with E-state index in [0.717, 1.165) is 0 Å². The van der Waals surface area contributed by atoms with Gasteiger partial charge in [0, 0.05) is 23.9 Å². The minimum atomic E-state index is -0.167. The first-order valence-electron chi connectivity index (χ1n) is 5.42. The smallest absolute Gasteiger partial charge is 0.188 e. The Morgan fingerprint density at radius 1 is 1.39 bits per heavy atom. The van der Waals surface area contributed by atoms with Crippen LogP contribution in [0, 0.1) is 6.92 Å². The summed E-state index contributed by atoms with van der Waals surface area (Å²) in [5.41, 5.74) is 1.76. The number of hydrogen-bond acceptors (Lipinski definition) is 7. The fourth-order valence-corrected chi connectivity index (χ4v) is 1.57. The maximum atomic E-state index is 9.90. The van der Waals surface area contributed by atoms with Gasteiger partial charge in [-0.05, 0) is 6.92 Å². The van der Waals surface area contributed by atoms with E-state index in [1.165, 1.54) is 0 Å². The number of tetrazole rings is 1. The third kappa shape index (κ3) is 2.60. The Hall–Kier alpha value is -2.06. The second-order valence-corrected chi connectivity index (χ2v) is 3.79. The molecule has 0 amide bonds. The topological polar surface area (TPSA) is 120 Å². The highest BCUT2D eigenvalue weighted by Crippen LogP contribution is 2.23. The van der Waals surface area contributed by atoms with Crippen molar-refractivity contribution in [2.45, 2.75) is 26.6 Å². The predicted molar refractivity (Wildman–Crippen MR) is 61.3 cm³/mol. The van der Waals surface area contributed by atoms with E-state index in [-0.39, 0.29) is 12.4 Å². The van der Waals surface area contributed by atoms with E-state index < -0.39 is 0 Å². The van der Waals surface area contributed by atoms with Gasteiger partial charge in [0.05, 0.1) is 18.8 Å². The largest absolute Gasteiger partial charge is 0.506 e. The molecule has 0 aliphatic heterocycles. The van der Waals surface area contributed by atoms with Crippen molar-refractivity contribution in [3.05, 3.63) is 28.8 Å². The normalized spacial score (nSPS) is 10.8. The summed E-state index contributed by atoms with van der Waals surface area (Å²) in [4.78, 5) is 3.99. The van der Waals surface area contributed by atoms with Gasteiger partial charge < -0.3 is 15.5 Å². The standard InChI is InChI=1S/C10H14N6O2/c1-6-10(18)8(7(5-17)2-12-6)3-11-4-9-13-15-16-14-9/h2,11,17-18H,3-5H2,1H3,(H,13,14,15,16). The molecule has 0 unspecified atom stereocenters. The third-order valence-electron chi connectivity index (χ3n) is 2.57. The molecule has 0 aromatic carbocycles. The van der Waals surface area contributed by atoms with Gasteiger partial charge in [-0.25, -0.2) is 0 Å². The summed E-state index contributed by atoms with van der Waals surface area (Å²) < 4.78 is 0. The lowest BCUT2D eigenvalue weighted by Crippen LogP contribution is -2.16. The first-order chi connectivity index (χ1) is 8.72. The van der Waals surface area contributed by atoms with E-state index in [9.17, 15) is 10.2 Å². The molecule has 0 bridgehead atoms. The van der Waals surface area contributed by atoms with Gasteiger partial charge in [-0.3, -0.25) is 4.98 Å². The number of nitrogens with one attached hydrogen (secondary N) is 2. The van der Waals surface area contributed by atoms with Crippen LogP contribution in [0.25, 0.3) is 0 Å². The van der Waals surface area contributed by atoms with E-state index in [1.54, 1.807) is 13.1 Å². The molecule has 0 aliphatic rings. The number of aryl methyl sites for hydroxylation is 1. The van der Waals surface area contributed by atoms with Crippen LogP contribution in [0.15, 0.2) is 6.20 Å². The average Bonchev–Trinajstić information content (AvgIpc) is 2.88. The van der Waals surface area contributed by atoms with Gasteiger partial charge in [0.2, 0.25) is 0 Å². The van der Waals surface area contributed by atoms with Crippen molar-refractivity contribution < 1.29 is 10.2 Å². The quantitative estimate of drug-likeness (QED) is 0.558. The molecule has 96 valence electrons. The molecule has 2 aromatic rings. The minimum Gasteiger partial charge on any atom is -0.506 e. The highest BCUT2D eigenvalue weighted by Gasteiger charge is 2.11. The molecule has 2 rings (SSSR count). The Bertz CT molecular complexity index is 513. The number of aromatic hydroxyl groups is 1. The molecule has 4 N–H and O–H groups in total. The zero-order valence-electron chi connectivity index (χ0n) is 9.88. The van der Waals surface area contributed by atoms with Gasteiger partial charge in [-0.1, -0.05) is 5.21 Å². The van der Waals surface area contributed by atoms with Crippen LogP contribution < -0.4 is 5.32 Å². The molecule has 0 atom stereocenters. The minimum absolute atomic E-state index is 0.0992. The molecule has 0 radical (unpaired) electrons. The summed E-state index contributed by atoms with van der Waals surface area (Å²) in [5, 5.41) is 35.5. The van der Waals surface area contributed by atoms with Gasteiger partial charge in [0.15, 0.2) is 5.82 Å². The lowest BCUT2D eigenvalue weighted by molar-refractivity contribution is 0.278. The van der Waals surface area contributed by atoms with Crippen molar-refractivity contribution in [2.24, 2.45) is 0 Å². The van der Waals surface area contributed by atoms with E-state index in [2.05, 4.69) is 30.9 Å². The Balaban J connectivity index is 2.06. The van der Waals surface area contributed by atoms with Crippen molar-refractivity contribution >= 4 is 0 Å². The monoisotopic (exact) mass is 250 g/mol. The van der Waals surface area contributed by atoms with E-state index in [4.69, 9.17) is 0 Å². The fourth-order valence-electron chi connectivity index (χ4n) is 1.57. The molecule has 0 spiro atoms. The first-order valence-corrected chi connectivity index (χ1v) is 5.42. The number of pyridine rings is 1. The second-order valence-electron chi connectivity index (χ2n) is 3.79. The van der Waals surface area contributed by atoms with Gasteiger partial charge in [0.1, 0.15) is 5.75 Å². The Kier molecular flexibility index (Phi) is 3.80. The average molecular weight is 250 g/mol. The molecular formula is C10H14N6O2. The number of hydrogen-bond donors (Lipinski definition) is 4. The molecule has 2 aromatic heterocycles. The summed E-state index contributed by atoms with van der Waals surface area (Å²) in [6.45, 7) is 2.35. The molecule has 2 heterocycles. The summed E-state index contributed by atoms with van der Waals surface area (Å²) in [6.07, 6.45) is 1.56. The Labute approximate surface area is 103 Å². The summed E-state index contributed by atoms with van der Waals surface area (Å²) >= 11 is 0. The van der Waals surface area contributed by atoms with Crippen LogP contribution >= 0.6 is 0 Å². The zero-order chi connectivity index (χ0) is 13.0. The van der Waals surface area contributed by atoms with Gasteiger partial charge in [-0.15, -0.1) is 10.2 Å². The van der Waals surface area contributed by atoms with Crippen LogP contribution in [0.3, 0.4) is 0 Å². The zero-order valence-corrected chi connectivity index (χ0v) is 9.88. The van der Waals surface area contributed by atoms with Gasteiger partial charge in [-0.2, -0.15) is 5.21 Å². The maximum absolute atomic E-state index is 9.90. The summed E-state index contributed by atoms with van der Waals surface area (Å²) in [7, 11) is 0. The Morgan fingerprint density at radius 2 is 2.22 bits per heavy atom. The molecule has 0 fully saturated rings. The number of aliphatic hydroxyl groups is 1. The van der Waals surface area contributed by atoms with Gasteiger partial charge >= 0.3 is 0 Å². The van der Waals surface area contributed by atoms with Crippen LogP contribution in [-0.2, 0) is 19.7 Å². The van der Waals surface area contributed by atoms with Crippen LogP contribution in [0.5, 0.6) is 5.75 Å². The van der Waals surface area contributed by atoms with Crippen molar-refractivity contribution in [1.82, 2.24) is 30.9 Å². The lowest BCUT2D eigenvalue weighted by atomic mass is 10.1. The molecule has 0 saturated heterocycles. The first kappa shape index (κ1) is 12.4. The van der Waals surface area contributed by atoms with E-state index in [1.807, 2.05) is 0 Å². The van der Waals surface area contributed by atoms with Crippen molar-refractivity contribution in [1.29, 1.82) is 0 Å². The van der Waals surface area contributed by atoms with E-state index >= 15 is 0 Å². The van der Waals surface area contributed by atoms with Crippen LogP contribution in [0.4, 0.5) is 0 Å². The number of aromatic amines is 1. The third-order valence-corrected chi connectivity index (χ3v) is 2.57. The highest BCUT2D eigenvalue weighted by atomic mass is 16.3. The van der Waals surface area contributed by atoms with Crippen LogP contribution in [0.2, 0.25) is 0 Å². The van der Waals surface area contributed by atoms with Crippen molar-refractivity contribution in [3.63, 3.8) is 0 Å². The Morgan fingerprint density at radius 3 is 2.89 bits per heavy atom. The van der Waals surface area contributed by atoms with Crippen molar-refractivity contribution in [3.8, 4) is 5.75 Å². The maximum Gasteiger partial charge on any atom is 0.188 e. The molecule has 8 nitrogen and oxygen atoms in total. The van der Waals surface area contributed by atoms with Crippen LogP contribution in [0.1, 0.15) is 22.6 Å². The summed E-state index contributed by atoms with van der Waals surface area (Å²) in [6, 6.07) is 0. The van der Waals surface area contributed by atoms with Crippen molar-refractivity contribution in [2.75, 3.05) is 0 Å². The molecular weight excluding hydrogens is 236 g/mol. The van der Waals surface area contributed by atoms with Crippen LogP contribution in [-0.4, -0.2) is 35.8 Å². The predicted octanol–water partition coefficient (Wildman–Crippen LogP) is -0.609. The van der Waals surface area contributed by atoms with Gasteiger partial charge in [0.25, 0.3) is 0 Å². The molecule has 0 saturated carbocycles. The molecule has 8 heteroatoms. The highest BCUT2D eigenvalue weighted by molar-refractivity contribution is 5.40.